The molecule has 4 nitrogen and oxygen atoms in total. The topological polar surface area (TPSA) is 35.6 Å². The van der Waals surface area contributed by atoms with Crippen molar-refractivity contribution in [1.82, 2.24) is 15.1 Å². The molecular formula is C12H23N3O. The summed E-state index contributed by atoms with van der Waals surface area (Å²) in [6.07, 6.45) is 2.73. The van der Waals surface area contributed by atoms with Gasteiger partial charge in [-0.3, -0.25) is 10.1 Å². The van der Waals surface area contributed by atoms with Gasteiger partial charge in [0.2, 0.25) is 5.91 Å². The molecule has 0 bridgehead atoms. The summed E-state index contributed by atoms with van der Waals surface area (Å²) in [5.74, 6) is 0.915. The predicted molar refractivity (Wildman–Crippen MR) is 64.0 cm³/mol. The van der Waals surface area contributed by atoms with Crippen LogP contribution in [0.15, 0.2) is 0 Å². The van der Waals surface area contributed by atoms with E-state index in [-0.39, 0.29) is 18.1 Å². The molecule has 92 valence electrons. The van der Waals surface area contributed by atoms with Gasteiger partial charge >= 0.3 is 0 Å². The summed E-state index contributed by atoms with van der Waals surface area (Å²) in [6.45, 7) is 7.28. The van der Waals surface area contributed by atoms with Crippen molar-refractivity contribution in [2.75, 3.05) is 26.7 Å². The summed E-state index contributed by atoms with van der Waals surface area (Å²) in [4.78, 5) is 16.3. The largest absolute Gasteiger partial charge is 0.326 e. The molecule has 0 spiro atoms. The van der Waals surface area contributed by atoms with Gasteiger partial charge in [-0.2, -0.15) is 0 Å². The molecule has 1 N–H and O–H groups in total. The van der Waals surface area contributed by atoms with Gasteiger partial charge < -0.3 is 9.80 Å². The highest BCUT2D eigenvalue weighted by Gasteiger charge is 2.35. The van der Waals surface area contributed by atoms with Crippen molar-refractivity contribution in [3.8, 4) is 0 Å². The van der Waals surface area contributed by atoms with Crippen LogP contribution in [-0.2, 0) is 4.79 Å². The Morgan fingerprint density at radius 2 is 2.19 bits per heavy atom. The van der Waals surface area contributed by atoms with Gasteiger partial charge in [-0.15, -0.1) is 0 Å². The van der Waals surface area contributed by atoms with E-state index < -0.39 is 0 Å². The fourth-order valence-electron chi connectivity index (χ4n) is 2.91. The van der Waals surface area contributed by atoms with E-state index in [0.717, 1.165) is 13.1 Å². The lowest BCUT2D eigenvalue weighted by Crippen LogP contribution is -2.43. The zero-order valence-electron chi connectivity index (χ0n) is 10.6. The molecule has 3 atom stereocenters. The number of nitrogens with zero attached hydrogens (tertiary/aromatic N) is 2. The summed E-state index contributed by atoms with van der Waals surface area (Å²) in [7, 11) is 2.17. The number of carbonyl (C=O) groups is 1. The first-order valence-electron chi connectivity index (χ1n) is 6.33. The van der Waals surface area contributed by atoms with E-state index in [2.05, 4.69) is 24.2 Å². The van der Waals surface area contributed by atoms with Crippen LogP contribution in [0.1, 0.15) is 26.7 Å². The molecule has 1 amide bonds. The summed E-state index contributed by atoms with van der Waals surface area (Å²) < 4.78 is 0. The standard InChI is InChI=1S/C12H23N3O/c1-9-12(16)15(10(2)13-9)8-11-5-4-6-14(3)7-11/h9-11,13H,4-8H2,1-3H3. The molecule has 2 heterocycles. The van der Waals surface area contributed by atoms with Crippen molar-refractivity contribution >= 4 is 5.91 Å². The second kappa shape index (κ2) is 4.72. The SMILES string of the molecule is CC1NC(C)N(CC2CCCN(C)C2)C1=O. The number of rotatable bonds is 2. The van der Waals surface area contributed by atoms with Gasteiger partial charge in [0.05, 0.1) is 12.2 Å². The number of amides is 1. The first-order valence-corrected chi connectivity index (χ1v) is 6.33. The van der Waals surface area contributed by atoms with Crippen molar-refractivity contribution in [2.45, 2.75) is 38.9 Å². The molecule has 4 heteroatoms. The molecule has 2 fully saturated rings. The number of piperidine rings is 1. The molecule has 3 unspecified atom stereocenters. The first kappa shape index (κ1) is 11.9. The van der Waals surface area contributed by atoms with Gasteiger partial charge in [0.15, 0.2) is 0 Å². The molecule has 2 aliphatic rings. The molecule has 0 radical (unpaired) electrons. The van der Waals surface area contributed by atoms with Crippen LogP contribution in [0.25, 0.3) is 0 Å². The van der Waals surface area contributed by atoms with Gasteiger partial charge in [-0.05, 0) is 46.2 Å². The average Bonchev–Trinajstić information content (AvgIpc) is 2.45. The molecule has 16 heavy (non-hydrogen) atoms. The van der Waals surface area contributed by atoms with Gasteiger partial charge in [0.1, 0.15) is 0 Å². The predicted octanol–water partition coefficient (Wildman–Crippen LogP) is 0.494. The Morgan fingerprint density at radius 1 is 1.44 bits per heavy atom. The van der Waals surface area contributed by atoms with Gasteiger partial charge in [0.25, 0.3) is 0 Å². The summed E-state index contributed by atoms with van der Waals surface area (Å²) in [6, 6.07) is -0.00341. The normalized spacial score (nSPS) is 37.1. The highest BCUT2D eigenvalue weighted by atomic mass is 16.2. The quantitative estimate of drug-likeness (QED) is 0.743. The van der Waals surface area contributed by atoms with Crippen molar-refractivity contribution in [3.05, 3.63) is 0 Å². The second-order valence-corrected chi connectivity index (χ2v) is 5.33. The number of hydrogen-bond donors (Lipinski definition) is 1. The molecule has 0 aromatic rings. The zero-order valence-corrected chi connectivity index (χ0v) is 10.6. The number of carbonyl (C=O) groups excluding carboxylic acids is 1. The van der Waals surface area contributed by atoms with Crippen LogP contribution in [0, 0.1) is 5.92 Å². The van der Waals surface area contributed by atoms with E-state index in [1.807, 2.05) is 11.8 Å². The fourth-order valence-corrected chi connectivity index (χ4v) is 2.91. The summed E-state index contributed by atoms with van der Waals surface area (Å²) in [5, 5.41) is 3.28. The van der Waals surface area contributed by atoms with E-state index in [1.165, 1.54) is 19.4 Å². The van der Waals surface area contributed by atoms with Crippen molar-refractivity contribution in [2.24, 2.45) is 5.92 Å². The van der Waals surface area contributed by atoms with Crippen LogP contribution in [0.5, 0.6) is 0 Å². The van der Waals surface area contributed by atoms with Crippen LogP contribution in [-0.4, -0.2) is 54.6 Å². The molecule has 0 saturated carbocycles. The Labute approximate surface area is 98.0 Å². The molecule has 0 aromatic carbocycles. The van der Waals surface area contributed by atoms with E-state index in [9.17, 15) is 4.79 Å². The summed E-state index contributed by atoms with van der Waals surface area (Å²) >= 11 is 0. The average molecular weight is 225 g/mol. The van der Waals surface area contributed by atoms with E-state index in [1.54, 1.807) is 0 Å². The van der Waals surface area contributed by atoms with Crippen LogP contribution >= 0.6 is 0 Å². The van der Waals surface area contributed by atoms with Gasteiger partial charge in [0, 0.05) is 13.1 Å². The molecule has 2 saturated heterocycles. The van der Waals surface area contributed by atoms with Crippen LogP contribution < -0.4 is 5.32 Å². The number of likely N-dealkylation sites (tertiary alicyclic amines) is 1. The smallest absolute Gasteiger partial charge is 0.240 e. The molecule has 0 aromatic heterocycles. The minimum Gasteiger partial charge on any atom is -0.326 e. The van der Waals surface area contributed by atoms with E-state index in [0.29, 0.717) is 5.92 Å². The van der Waals surface area contributed by atoms with Crippen LogP contribution in [0.3, 0.4) is 0 Å². The van der Waals surface area contributed by atoms with Crippen molar-refractivity contribution < 1.29 is 4.79 Å². The monoisotopic (exact) mass is 225 g/mol. The third-order valence-corrected chi connectivity index (χ3v) is 3.79. The number of hydrogen-bond acceptors (Lipinski definition) is 3. The van der Waals surface area contributed by atoms with Crippen molar-refractivity contribution in [1.29, 1.82) is 0 Å². The molecular weight excluding hydrogens is 202 g/mol. The van der Waals surface area contributed by atoms with Gasteiger partial charge in [-0.25, -0.2) is 0 Å². The Balaban J connectivity index is 1.91. The third kappa shape index (κ3) is 2.38. The second-order valence-electron chi connectivity index (χ2n) is 5.33. The van der Waals surface area contributed by atoms with Gasteiger partial charge in [-0.1, -0.05) is 0 Å². The van der Waals surface area contributed by atoms with Crippen LogP contribution in [0.2, 0.25) is 0 Å². The highest BCUT2D eigenvalue weighted by Crippen LogP contribution is 2.19. The minimum atomic E-state index is -0.00341. The lowest BCUT2D eigenvalue weighted by atomic mass is 9.98. The molecule has 2 aliphatic heterocycles. The first-order chi connectivity index (χ1) is 7.58. The lowest BCUT2D eigenvalue weighted by Gasteiger charge is -2.33. The summed E-state index contributed by atoms with van der Waals surface area (Å²) in [5.41, 5.74) is 0. The van der Waals surface area contributed by atoms with Crippen LogP contribution in [0.4, 0.5) is 0 Å². The zero-order chi connectivity index (χ0) is 11.7. The maximum absolute atomic E-state index is 11.9. The minimum absolute atomic E-state index is 0.00341. The Hall–Kier alpha value is -0.610. The Morgan fingerprint density at radius 3 is 2.75 bits per heavy atom. The lowest BCUT2D eigenvalue weighted by molar-refractivity contribution is -0.130. The molecule has 2 rings (SSSR count). The molecule has 0 aliphatic carbocycles. The Bertz CT molecular complexity index is 269. The fraction of sp³-hybridized carbons (Fsp3) is 0.917. The number of nitrogens with one attached hydrogen (secondary N) is 1. The van der Waals surface area contributed by atoms with E-state index in [4.69, 9.17) is 0 Å². The van der Waals surface area contributed by atoms with E-state index >= 15 is 0 Å². The third-order valence-electron chi connectivity index (χ3n) is 3.79. The maximum atomic E-state index is 11.9. The Kier molecular flexibility index (Phi) is 3.50. The maximum Gasteiger partial charge on any atom is 0.240 e. The highest BCUT2D eigenvalue weighted by molar-refractivity contribution is 5.83. The van der Waals surface area contributed by atoms with Crippen molar-refractivity contribution in [3.63, 3.8) is 0 Å².